The predicted octanol–water partition coefficient (Wildman–Crippen LogP) is 3.66. The number of carbonyl (C=O) groups is 1. The molecule has 0 aliphatic rings. The van der Waals surface area contributed by atoms with Gasteiger partial charge in [0.05, 0.1) is 11.4 Å². The molecule has 0 saturated carbocycles. The summed E-state index contributed by atoms with van der Waals surface area (Å²) in [5, 5.41) is 2.69. The average Bonchev–Trinajstić information content (AvgIpc) is 3.01. The number of oxazole rings is 1. The van der Waals surface area contributed by atoms with Crippen LogP contribution in [0.15, 0.2) is 52.9 Å². The van der Waals surface area contributed by atoms with Crippen molar-refractivity contribution >= 4 is 16.7 Å². The van der Waals surface area contributed by atoms with Crippen LogP contribution in [0.4, 0.5) is 4.39 Å². The highest BCUT2D eigenvalue weighted by Crippen LogP contribution is 2.23. The second kappa shape index (κ2) is 8.93. The summed E-state index contributed by atoms with van der Waals surface area (Å²) in [6.07, 6.45) is 0. The summed E-state index contributed by atoms with van der Waals surface area (Å²) in [5.41, 5.74) is 3.31. The first-order valence-electron chi connectivity index (χ1n) is 8.80. The van der Waals surface area contributed by atoms with Crippen LogP contribution in [-0.4, -0.2) is 20.9 Å². The van der Waals surface area contributed by atoms with Crippen molar-refractivity contribution in [1.29, 1.82) is 0 Å². The largest absolute Gasteiger partial charge is 0.441 e. The number of hydrogen-bond acceptors (Lipinski definition) is 4. The van der Waals surface area contributed by atoms with Crippen molar-refractivity contribution in [3.05, 3.63) is 76.9 Å². The molecule has 28 heavy (non-hydrogen) atoms. The van der Waals surface area contributed by atoms with Crippen LogP contribution >= 0.6 is 0 Å². The van der Waals surface area contributed by atoms with E-state index < -0.39 is 10.8 Å². The Morgan fingerprint density at radius 3 is 2.64 bits per heavy atom. The molecule has 0 fully saturated rings. The molecule has 0 bridgehead atoms. The van der Waals surface area contributed by atoms with Crippen molar-refractivity contribution in [2.75, 3.05) is 5.75 Å². The minimum atomic E-state index is -1.41. The zero-order valence-corrected chi connectivity index (χ0v) is 16.5. The number of carbonyl (C=O) groups excluding carboxylic acids is 1. The molecule has 0 saturated heterocycles. The van der Waals surface area contributed by atoms with E-state index in [1.807, 2.05) is 31.2 Å². The van der Waals surface area contributed by atoms with Gasteiger partial charge in [-0.1, -0.05) is 29.8 Å². The van der Waals surface area contributed by atoms with E-state index in [0.717, 1.165) is 16.7 Å². The van der Waals surface area contributed by atoms with Gasteiger partial charge in [0, 0.05) is 22.9 Å². The minimum absolute atomic E-state index is 0.132. The van der Waals surface area contributed by atoms with Gasteiger partial charge in [-0.3, -0.25) is 9.00 Å². The van der Waals surface area contributed by atoms with Crippen LogP contribution in [0.5, 0.6) is 0 Å². The molecule has 2 aromatic carbocycles. The third kappa shape index (κ3) is 5.36. The highest BCUT2D eigenvalue weighted by Gasteiger charge is 2.16. The van der Waals surface area contributed by atoms with Crippen molar-refractivity contribution in [1.82, 2.24) is 10.3 Å². The van der Waals surface area contributed by atoms with E-state index in [2.05, 4.69) is 10.3 Å². The number of hydrogen-bond donors (Lipinski definition) is 1. The van der Waals surface area contributed by atoms with Gasteiger partial charge >= 0.3 is 0 Å². The molecule has 3 rings (SSSR count). The van der Waals surface area contributed by atoms with Gasteiger partial charge in [0.1, 0.15) is 17.3 Å². The second-order valence-corrected chi connectivity index (χ2v) is 7.98. The zero-order chi connectivity index (χ0) is 20.1. The van der Waals surface area contributed by atoms with E-state index in [-0.39, 0.29) is 29.8 Å². The van der Waals surface area contributed by atoms with E-state index in [1.54, 1.807) is 19.1 Å². The van der Waals surface area contributed by atoms with Crippen LogP contribution in [0.25, 0.3) is 11.5 Å². The van der Waals surface area contributed by atoms with Gasteiger partial charge in [0.15, 0.2) is 0 Å². The molecule has 3 aromatic rings. The molecule has 0 aliphatic carbocycles. The fourth-order valence-corrected chi connectivity index (χ4v) is 3.74. The second-order valence-electron chi connectivity index (χ2n) is 6.52. The summed E-state index contributed by atoms with van der Waals surface area (Å²) in [5.74, 6) is 0.427. The van der Waals surface area contributed by atoms with Crippen LogP contribution in [0.2, 0.25) is 0 Å². The minimum Gasteiger partial charge on any atom is -0.441 e. The van der Waals surface area contributed by atoms with Gasteiger partial charge in [0.2, 0.25) is 11.8 Å². The quantitative estimate of drug-likeness (QED) is 0.657. The molecular formula is C21H21FN2O3S. The molecule has 1 amide bonds. The van der Waals surface area contributed by atoms with Crippen LogP contribution in [0.3, 0.4) is 0 Å². The van der Waals surface area contributed by atoms with Gasteiger partial charge in [-0.2, -0.15) is 0 Å². The first-order valence-corrected chi connectivity index (χ1v) is 10.3. The lowest BCUT2D eigenvalue weighted by Gasteiger charge is -2.05. The van der Waals surface area contributed by atoms with Gasteiger partial charge in [0.25, 0.3) is 0 Å². The van der Waals surface area contributed by atoms with E-state index in [4.69, 9.17) is 4.42 Å². The van der Waals surface area contributed by atoms with E-state index in [9.17, 15) is 13.4 Å². The molecule has 0 radical (unpaired) electrons. The Kier molecular flexibility index (Phi) is 6.36. The molecular weight excluding hydrogens is 379 g/mol. The lowest BCUT2D eigenvalue weighted by atomic mass is 10.1. The average molecular weight is 400 g/mol. The van der Waals surface area contributed by atoms with Crippen molar-refractivity contribution in [3.8, 4) is 11.5 Å². The van der Waals surface area contributed by atoms with Gasteiger partial charge < -0.3 is 9.73 Å². The molecule has 5 nitrogen and oxygen atoms in total. The maximum atomic E-state index is 12.9. The monoisotopic (exact) mass is 400 g/mol. The number of aryl methyl sites for hydroxylation is 2. The highest BCUT2D eigenvalue weighted by atomic mass is 32.2. The Balaban J connectivity index is 1.55. The smallest absolute Gasteiger partial charge is 0.232 e. The van der Waals surface area contributed by atoms with E-state index in [0.29, 0.717) is 17.3 Å². The molecule has 7 heteroatoms. The molecule has 1 atom stereocenters. The lowest BCUT2D eigenvalue weighted by Crippen LogP contribution is -2.28. The topological polar surface area (TPSA) is 72.2 Å². The summed E-state index contributed by atoms with van der Waals surface area (Å²) in [6.45, 7) is 4.02. The Morgan fingerprint density at radius 2 is 1.93 bits per heavy atom. The number of nitrogens with zero attached hydrogens (tertiary/aromatic N) is 1. The highest BCUT2D eigenvalue weighted by molar-refractivity contribution is 7.84. The zero-order valence-electron chi connectivity index (χ0n) is 15.7. The summed E-state index contributed by atoms with van der Waals surface area (Å²) >= 11 is 0. The van der Waals surface area contributed by atoms with Gasteiger partial charge in [-0.15, -0.1) is 0 Å². The van der Waals surface area contributed by atoms with Crippen LogP contribution in [-0.2, 0) is 27.9 Å². The molecule has 1 N–H and O–H groups in total. The van der Waals surface area contributed by atoms with Gasteiger partial charge in [-0.25, -0.2) is 9.37 Å². The third-order valence-electron chi connectivity index (χ3n) is 4.15. The molecule has 1 aromatic heterocycles. The lowest BCUT2D eigenvalue weighted by molar-refractivity contribution is -0.118. The maximum Gasteiger partial charge on any atom is 0.232 e. The molecule has 146 valence electrons. The summed E-state index contributed by atoms with van der Waals surface area (Å²) in [4.78, 5) is 16.5. The first kappa shape index (κ1) is 19.9. The number of benzene rings is 2. The Labute approximate surface area is 165 Å². The van der Waals surface area contributed by atoms with E-state index in [1.165, 1.54) is 12.1 Å². The Bertz CT molecular complexity index is 999. The number of nitrogens with one attached hydrogen (secondary N) is 1. The van der Waals surface area contributed by atoms with Crippen molar-refractivity contribution < 1.29 is 17.8 Å². The summed E-state index contributed by atoms with van der Waals surface area (Å²) in [7, 11) is -1.41. The molecule has 0 spiro atoms. The molecule has 0 aliphatic heterocycles. The number of amides is 1. The Morgan fingerprint density at radius 1 is 1.18 bits per heavy atom. The predicted molar refractivity (Wildman–Crippen MR) is 106 cm³/mol. The number of halogens is 1. The van der Waals surface area contributed by atoms with Crippen LogP contribution in [0, 0.1) is 19.7 Å². The normalized spacial score (nSPS) is 12.0. The van der Waals surface area contributed by atoms with E-state index >= 15 is 0 Å². The number of aromatic nitrogens is 1. The first-order chi connectivity index (χ1) is 13.4. The fourth-order valence-electron chi connectivity index (χ4n) is 2.67. The SMILES string of the molecule is Cc1cccc(-c2nc(C[S@@](=O)CC(=O)NCc3ccc(F)cc3)c(C)o2)c1. The third-order valence-corrected chi connectivity index (χ3v) is 5.33. The number of rotatable bonds is 7. The van der Waals surface area contributed by atoms with Crippen molar-refractivity contribution in [3.63, 3.8) is 0 Å². The fraction of sp³-hybridized carbons (Fsp3) is 0.238. The Hall–Kier alpha value is -2.80. The molecule has 0 unspecified atom stereocenters. The summed E-state index contributed by atoms with van der Waals surface area (Å²) < 4.78 is 30.9. The standard InChI is InChI=1S/C21H21FN2O3S/c1-14-4-3-5-17(10-14)21-24-19(15(2)27-21)12-28(26)13-20(25)23-11-16-6-8-18(22)9-7-16/h3-10H,11-13H2,1-2H3,(H,23,25)/t28-/m1/s1. The van der Waals surface area contributed by atoms with Crippen molar-refractivity contribution in [2.45, 2.75) is 26.1 Å². The summed E-state index contributed by atoms with van der Waals surface area (Å²) in [6, 6.07) is 13.6. The van der Waals surface area contributed by atoms with Crippen LogP contribution in [0.1, 0.15) is 22.6 Å². The maximum absolute atomic E-state index is 12.9. The van der Waals surface area contributed by atoms with Gasteiger partial charge in [-0.05, 0) is 43.7 Å². The molecule has 1 heterocycles. The van der Waals surface area contributed by atoms with Crippen molar-refractivity contribution in [2.24, 2.45) is 0 Å². The van der Waals surface area contributed by atoms with Crippen LogP contribution < -0.4 is 5.32 Å².